The molecule has 1 amide bonds. The van der Waals surface area contributed by atoms with E-state index >= 15 is 0 Å². The number of benzene rings is 2. The molecule has 0 unspecified atom stereocenters. The van der Waals surface area contributed by atoms with Gasteiger partial charge in [-0.1, -0.05) is 31.2 Å². The number of nitro benzene ring substituents is 1. The smallest absolute Gasteiger partial charge is 0.270 e. The van der Waals surface area contributed by atoms with E-state index in [1.165, 1.54) is 31.2 Å². The zero-order valence-corrected chi connectivity index (χ0v) is 16.3. The van der Waals surface area contributed by atoms with E-state index in [2.05, 4.69) is 10.3 Å². The molecule has 1 N–H and O–H groups in total. The minimum absolute atomic E-state index is 0.0366. The molecule has 3 rings (SSSR count). The molecule has 0 aliphatic carbocycles. The van der Waals surface area contributed by atoms with Crippen LogP contribution in [-0.4, -0.2) is 30.0 Å². The van der Waals surface area contributed by atoms with Gasteiger partial charge in [-0.15, -0.1) is 11.3 Å². The fourth-order valence-electron chi connectivity index (χ4n) is 2.49. The van der Waals surface area contributed by atoms with Crippen LogP contribution in [0.4, 0.5) is 10.8 Å². The van der Waals surface area contributed by atoms with Gasteiger partial charge in [-0.3, -0.25) is 20.2 Å². The summed E-state index contributed by atoms with van der Waals surface area (Å²) in [4.78, 5) is 27.2. The van der Waals surface area contributed by atoms with Crippen LogP contribution in [0.1, 0.15) is 17.3 Å². The van der Waals surface area contributed by atoms with Crippen molar-refractivity contribution in [2.75, 3.05) is 11.1 Å². The van der Waals surface area contributed by atoms with Crippen molar-refractivity contribution in [3.8, 4) is 11.3 Å². The third-order valence-electron chi connectivity index (χ3n) is 3.92. The molecule has 0 aliphatic rings. The normalized spacial score (nSPS) is 11.2. The van der Waals surface area contributed by atoms with Crippen molar-refractivity contribution in [2.24, 2.45) is 0 Å². The molecule has 3 aromatic rings. The molecule has 0 spiro atoms. The summed E-state index contributed by atoms with van der Waals surface area (Å²) in [5.74, 6) is -0.710. The van der Waals surface area contributed by atoms with Gasteiger partial charge >= 0.3 is 0 Å². The summed E-state index contributed by atoms with van der Waals surface area (Å²) >= 11 is 1.14. The summed E-state index contributed by atoms with van der Waals surface area (Å²) in [6.45, 7) is 1.51. The molecule has 0 bridgehead atoms. The fraction of sp³-hybridized carbons (Fsp3) is 0.111. The van der Waals surface area contributed by atoms with Gasteiger partial charge in [0.25, 0.3) is 11.6 Å². The summed E-state index contributed by atoms with van der Waals surface area (Å²) in [7, 11) is -3.56. The Morgan fingerprint density at radius 1 is 1.21 bits per heavy atom. The number of hydrogen-bond acceptors (Lipinski definition) is 7. The van der Waals surface area contributed by atoms with Crippen LogP contribution in [0.3, 0.4) is 0 Å². The average molecular weight is 417 g/mol. The highest BCUT2D eigenvalue weighted by molar-refractivity contribution is 7.91. The summed E-state index contributed by atoms with van der Waals surface area (Å²) in [5.41, 5.74) is 0.990. The highest BCUT2D eigenvalue weighted by atomic mass is 32.2. The van der Waals surface area contributed by atoms with Gasteiger partial charge in [0.15, 0.2) is 15.0 Å². The van der Waals surface area contributed by atoms with Crippen molar-refractivity contribution in [2.45, 2.75) is 11.8 Å². The predicted molar refractivity (Wildman–Crippen MR) is 106 cm³/mol. The van der Waals surface area contributed by atoms with Gasteiger partial charge < -0.3 is 0 Å². The Kier molecular flexibility index (Phi) is 5.52. The van der Waals surface area contributed by atoms with Gasteiger partial charge in [-0.25, -0.2) is 13.4 Å². The summed E-state index contributed by atoms with van der Waals surface area (Å²) in [6.07, 6.45) is 0. The number of thiazole rings is 1. The van der Waals surface area contributed by atoms with Crippen molar-refractivity contribution < 1.29 is 18.1 Å². The van der Waals surface area contributed by atoms with E-state index in [1.807, 2.05) is 0 Å². The molecule has 8 nitrogen and oxygen atoms in total. The predicted octanol–water partition coefficient (Wildman–Crippen LogP) is 3.76. The van der Waals surface area contributed by atoms with Crippen LogP contribution in [0.5, 0.6) is 0 Å². The molecule has 0 saturated carbocycles. The SMILES string of the molecule is CCS(=O)(=O)c1ccccc1C(=O)Nc1nc(-c2cccc([N+](=O)[O-])c2)cs1. The van der Waals surface area contributed by atoms with Crippen LogP contribution in [0, 0.1) is 10.1 Å². The zero-order chi connectivity index (χ0) is 20.3. The highest BCUT2D eigenvalue weighted by Gasteiger charge is 2.21. The Morgan fingerprint density at radius 3 is 2.68 bits per heavy atom. The number of nitro groups is 1. The molecule has 144 valence electrons. The number of sulfone groups is 1. The van der Waals surface area contributed by atoms with E-state index < -0.39 is 20.7 Å². The molecule has 0 saturated heterocycles. The number of anilines is 1. The van der Waals surface area contributed by atoms with Gasteiger partial charge in [0.2, 0.25) is 0 Å². The van der Waals surface area contributed by atoms with Crippen molar-refractivity contribution >= 4 is 37.9 Å². The topological polar surface area (TPSA) is 119 Å². The maximum absolute atomic E-state index is 12.6. The minimum Gasteiger partial charge on any atom is -0.298 e. The monoisotopic (exact) mass is 417 g/mol. The van der Waals surface area contributed by atoms with Gasteiger partial charge in [0.1, 0.15) is 0 Å². The first-order valence-corrected chi connectivity index (χ1v) is 10.7. The van der Waals surface area contributed by atoms with Crippen LogP contribution < -0.4 is 5.32 Å². The molecule has 10 heteroatoms. The highest BCUT2D eigenvalue weighted by Crippen LogP contribution is 2.28. The largest absolute Gasteiger partial charge is 0.298 e. The average Bonchev–Trinajstić information content (AvgIpc) is 3.16. The summed E-state index contributed by atoms with van der Waals surface area (Å²) in [5, 5.41) is 15.4. The molecule has 1 aromatic heterocycles. The Balaban J connectivity index is 1.86. The van der Waals surface area contributed by atoms with Crippen LogP contribution in [0.2, 0.25) is 0 Å². The minimum atomic E-state index is -3.56. The number of carbonyl (C=O) groups excluding carboxylic acids is 1. The first-order valence-electron chi connectivity index (χ1n) is 8.15. The van der Waals surface area contributed by atoms with Crippen LogP contribution >= 0.6 is 11.3 Å². The molecular formula is C18H15N3O5S2. The maximum atomic E-state index is 12.6. The van der Waals surface area contributed by atoms with Crippen LogP contribution in [-0.2, 0) is 9.84 Å². The number of rotatable bonds is 6. The second-order valence-electron chi connectivity index (χ2n) is 5.70. The van der Waals surface area contributed by atoms with Gasteiger partial charge in [-0.05, 0) is 12.1 Å². The summed E-state index contributed by atoms with van der Waals surface area (Å²) in [6, 6.07) is 12.0. The van der Waals surface area contributed by atoms with Crippen molar-refractivity contribution in [3.63, 3.8) is 0 Å². The molecular weight excluding hydrogens is 402 g/mol. The van der Waals surface area contributed by atoms with E-state index in [0.717, 1.165) is 11.3 Å². The van der Waals surface area contributed by atoms with Gasteiger partial charge in [0.05, 0.1) is 26.8 Å². The number of hydrogen-bond donors (Lipinski definition) is 1. The Bertz CT molecular complexity index is 1160. The molecule has 1 heterocycles. The van der Waals surface area contributed by atoms with E-state index in [0.29, 0.717) is 11.3 Å². The van der Waals surface area contributed by atoms with Crippen LogP contribution in [0.15, 0.2) is 58.8 Å². The number of aromatic nitrogens is 1. The standard InChI is InChI=1S/C18H15N3O5S2/c1-2-28(25,26)16-9-4-3-8-14(16)17(22)20-18-19-15(11-27-18)12-6-5-7-13(10-12)21(23)24/h3-11H,2H2,1H3,(H,19,20,22). The lowest BCUT2D eigenvalue weighted by Crippen LogP contribution is -2.17. The van der Waals surface area contributed by atoms with Crippen molar-refractivity contribution in [3.05, 3.63) is 69.6 Å². The number of non-ortho nitro benzene ring substituents is 1. The van der Waals surface area contributed by atoms with E-state index in [9.17, 15) is 23.3 Å². The lowest BCUT2D eigenvalue weighted by atomic mass is 10.1. The lowest BCUT2D eigenvalue weighted by molar-refractivity contribution is -0.384. The maximum Gasteiger partial charge on any atom is 0.270 e. The Labute approximate surface area is 164 Å². The lowest BCUT2D eigenvalue weighted by Gasteiger charge is -2.08. The number of nitrogens with zero attached hydrogens (tertiary/aromatic N) is 2. The van der Waals surface area contributed by atoms with Crippen molar-refractivity contribution in [1.29, 1.82) is 0 Å². The Morgan fingerprint density at radius 2 is 1.96 bits per heavy atom. The molecule has 2 aromatic carbocycles. The first kappa shape index (κ1) is 19.6. The second kappa shape index (κ2) is 7.87. The van der Waals surface area contributed by atoms with E-state index in [4.69, 9.17) is 0 Å². The van der Waals surface area contributed by atoms with Crippen molar-refractivity contribution in [1.82, 2.24) is 4.98 Å². The van der Waals surface area contributed by atoms with E-state index in [-0.39, 0.29) is 27.0 Å². The number of amides is 1. The van der Waals surface area contributed by atoms with E-state index in [1.54, 1.807) is 29.6 Å². The number of nitrogens with one attached hydrogen (secondary N) is 1. The summed E-state index contributed by atoms with van der Waals surface area (Å²) < 4.78 is 24.4. The molecule has 0 aliphatic heterocycles. The third kappa shape index (κ3) is 4.07. The first-order chi connectivity index (χ1) is 13.3. The molecule has 0 fully saturated rings. The van der Waals surface area contributed by atoms with Gasteiger partial charge in [-0.2, -0.15) is 0 Å². The molecule has 28 heavy (non-hydrogen) atoms. The Hall–Kier alpha value is -3.11. The second-order valence-corrected chi connectivity index (χ2v) is 8.80. The van der Waals surface area contributed by atoms with Gasteiger partial charge in [0, 0.05) is 23.1 Å². The third-order valence-corrected chi connectivity index (χ3v) is 6.47. The molecule has 0 radical (unpaired) electrons. The zero-order valence-electron chi connectivity index (χ0n) is 14.7. The number of carbonyl (C=O) groups is 1. The fourth-order valence-corrected chi connectivity index (χ4v) is 4.30. The quantitative estimate of drug-likeness (QED) is 0.482. The van der Waals surface area contributed by atoms with Crippen LogP contribution in [0.25, 0.3) is 11.3 Å². The molecule has 0 atom stereocenters.